The van der Waals surface area contributed by atoms with Crippen molar-refractivity contribution in [1.82, 2.24) is 0 Å². The average Bonchev–Trinajstić information content (AvgIpc) is 3.32. The van der Waals surface area contributed by atoms with Crippen molar-refractivity contribution in [2.24, 2.45) is 17.8 Å². The molecule has 220 valence electrons. The van der Waals surface area contributed by atoms with Crippen molar-refractivity contribution < 1.29 is 0 Å². The number of rotatable bonds is 3. The smallest absolute Gasteiger partial charge is 0.0134 e. The second-order valence-electron chi connectivity index (χ2n) is 14.3. The van der Waals surface area contributed by atoms with Gasteiger partial charge in [0.2, 0.25) is 0 Å². The van der Waals surface area contributed by atoms with E-state index in [1.54, 1.807) is 5.57 Å². The number of hydrogen-bond donors (Lipinski definition) is 0. The van der Waals surface area contributed by atoms with E-state index in [1.807, 2.05) is 0 Å². The maximum absolute atomic E-state index is 2.60. The summed E-state index contributed by atoms with van der Waals surface area (Å²) in [6.07, 6.45) is 26.4. The van der Waals surface area contributed by atoms with Gasteiger partial charge in [0.1, 0.15) is 0 Å². The van der Waals surface area contributed by atoms with E-state index in [0.29, 0.717) is 23.7 Å². The molecular formula is C45H40. The van der Waals surface area contributed by atoms with Gasteiger partial charge >= 0.3 is 0 Å². The first-order valence-electron chi connectivity index (χ1n) is 16.9. The zero-order valence-corrected chi connectivity index (χ0v) is 26.3. The van der Waals surface area contributed by atoms with Crippen LogP contribution in [-0.4, -0.2) is 0 Å². The normalized spacial score (nSPS) is 27.1. The van der Waals surface area contributed by atoms with E-state index in [9.17, 15) is 0 Å². The zero-order valence-electron chi connectivity index (χ0n) is 26.3. The van der Waals surface area contributed by atoms with Crippen molar-refractivity contribution in [3.05, 3.63) is 183 Å². The first-order valence-corrected chi connectivity index (χ1v) is 16.9. The fraction of sp³-hybridized carbons (Fsp3) is 0.244. The molecule has 0 N–H and O–H groups in total. The van der Waals surface area contributed by atoms with Crippen molar-refractivity contribution in [2.75, 3.05) is 0 Å². The Kier molecular flexibility index (Phi) is 6.17. The fourth-order valence-corrected chi connectivity index (χ4v) is 9.48. The van der Waals surface area contributed by atoms with E-state index in [1.165, 1.54) is 60.6 Å². The van der Waals surface area contributed by atoms with E-state index in [0.717, 1.165) is 25.7 Å². The highest BCUT2D eigenvalue weighted by Gasteiger charge is 2.45. The Morgan fingerprint density at radius 1 is 0.667 bits per heavy atom. The van der Waals surface area contributed by atoms with Crippen LogP contribution in [0, 0.1) is 17.8 Å². The summed E-state index contributed by atoms with van der Waals surface area (Å²) in [6, 6.07) is 29.7. The molecule has 6 aliphatic rings. The molecule has 0 saturated heterocycles. The third-order valence-electron chi connectivity index (χ3n) is 11.7. The summed E-state index contributed by atoms with van der Waals surface area (Å²) >= 11 is 0. The van der Waals surface area contributed by atoms with Crippen LogP contribution in [0.5, 0.6) is 0 Å². The Hall–Kier alpha value is -4.42. The van der Waals surface area contributed by atoms with Crippen LogP contribution in [-0.2, 0) is 5.41 Å². The Morgan fingerprint density at radius 2 is 1.38 bits per heavy atom. The third kappa shape index (κ3) is 4.11. The van der Waals surface area contributed by atoms with Gasteiger partial charge in [0, 0.05) is 17.8 Å². The molecule has 0 fully saturated rings. The lowest BCUT2D eigenvalue weighted by Gasteiger charge is -2.40. The standard InChI is InChI=1S/C45H40/c1-45(2)41-23-13-12-18-33(41)34-25-24-32(28-42(34)45)43-35-19-8-10-21-37(35)44(38-22-11-9-20-36(38)43)40-27-31-17-7-6-16-30(31)26-39(40)29-14-4-3-5-15-29/h3-6,8-16,18-25,27,35,37,39,42H,7,17,26,28H2,1-2H3. The van der Waals surface area contributed by atoms with Gasteiger partial charge in [-0.1, -0.05) is 147 Å². The van der Waals surface area contributed by atoms with Gasteiger partial charge in [0.05, 0.1) is 0 Å². The molecule has 0 heterocycles. The van der Waals surface area contributed by atoms with Gasteiger partial charge in [-0.2, -0.15) is 0 Å². The van der Waals surface area contributed by atoms with Gasteiger partial charge in [-0.25, -0.2) is 0 Å². The summed E-state index contributed by atoms with van der Waals surface area (Å²) in [5.74, 6) is 1.50. The average molecular weight is 581 g/mol. The zero-order chi connectivity index (χ0) is 30.1. The lowest BCUT2D eigenvalue weighted by Crippen LogP contribution is -2.41. The minimum absolute atomic E-state index is 0.116. The van der Waals surface area contributed by atoms with Crippen LogP contribution in [0.4, 0.5) is 0 Å². The molecule has 0 saturated carbocycles. The molecule has 0 bridgehead atoms. The van der Waals surface area contributed by atoms with Crippen molar-refractivity contribution in [3.63, 3.8) is 0 Å². The first-order chi connectivity index (χ1) is 22.1. The van der Waals surface area contributed by atoms with Gasteiger partial charge in [-0.05, 0) is 103 Å². The molecule has 3 aromatic rings. The van der Waals surface area contributed by atoms with Crippen LogP contribution >= 0.6 is 0 Å². The van der Waals surface area contributed by atoms with Gasteiger partial charge in [-0.15, -0.1) is 0 Å². The highest BCUT2D eigenvalue weighted by Crippen LogP contribution is 2.56. The summed E-state index contributed by atoms with van der Waals surface area (Å²) in [4.78, 5) is 0. The molecule has 6 aliphatic carbocycles. The summed E-state index contributed by atoms with van der Waals surface area (Å²) in [6.45, 7) is 4.92. The number of benzene rings is 3. The van der Waals surface area contributed by atoms with E-state index >= 15 is 0 Å². The topological polar surface area (TPSA) is 0 Å². The molecule has 9 rings (SSSR count). The fourth-order valence-electron chi connectivity index (χ4n) is 9.48. The first kappa shape index (κ1) is 26.9. The Labute approximate surface area is 267 Å². The van der Waals surface area contributed by atoms with Crippen molar-refractivity contribution in [1.29, 1.82) is 0 Å². The molecule has 4 atom stereocenters. The predicted octanol–water partition coefficient (Wildman–Crippen LogP) is 9.44. The van der Waals surface area contributed by atoms with Gasteiger partial charge < -0.3 is 0 Å². The molecule has 0 amide bonds. The third-order valence-corrected chi connectivity index (χ3v) is 11.7. The molecular weight excluding hydrogens is 540 g/mol. The maximum atomic E-state index is 2.60. The molecule has 0 aliphatic heterocycles. The Balaban J connectivity index is 1.28. The largest absolute Gasteiger partial charge is 0.0839 e. The summed E-state index contributed by atoms with van der Waals surface area (Å²) in [5.41, 5.74) is 15.2. The minimum atomic E-state index is 0.116. The SMILES string of the molecule is CC1(C)c2ccccc2C2=CC=C(C3=c4ccccc4=C(C4=CC5=C(C=CCC5)CC4c4ccccc4)C4C=CC=CC34)CC21. The lowest BCUT2D eigenvalue weighted by atomic mass is 9.64. The van der Waals surface area contributed by atoms with Crippen LogP contribution in [0.1, 0.15) is 62.1 Å². The second kappa shape index (κ2) is 10.3. The highest BCUT2D eigenvalue weighted by molar-refractivity contribution is 5.86. The molecule has 45 heavy (non-hydrogen) atoms. The van der Waals surface area contributed by atoms with Gasteiger partial charge in [-0.3, -0.25) is 0 Å². The molecule has 0 aromatic heterocycles. The van der Waals surface area contributed by atoms with E-state index in [2.05, 4.69) is 147 Å². The van der Waals surface area contributed by atoms with Crippen LogP contribution in [0.25, 0.3) is 16.7 Å². The summed E-state index contributed by atoms with van der Waals surface area (Å²) in [7, 11) is 0. The quantitative estimate of drug-likeness (QED) is 0.289. The van der Waals surface area contributed by atoms with Crippen LogP contribution in [0.2, 0.25) is 0 Å². The lowest BCUT2D eigenvalue weighted by molar-refractivity contribution is 0.409. The summed E-state index contributed by atoms with van der Waals surface area (Å²) in [5, 5.41) is 2.86. The highest BCUT2D eigenvalue weighted by atomic mass is 14.5. The van der Waals surface area contributed by atoms with E-state index < -0.39 is 0 Å². The van der Waals surface area contributed by atoms with Crippen molar-refractivity contribution >= 4 is 16.7 Å². The van der Waals surface area contributed by atoms with Crippen LogP contribution < -0.4 is 10.4 Å². The summed E-state index contributed by atoms with van der Waals surface area (Å²) < 4.78 is 0. The van der Waals surface area contributed by atoms with Crippen LogP contribution in [0.3, 0.4) is 0 Å². The predicted molar refractivity (Wildman–Crippen MR) is 189 cm³/mol. The van der Waals surface area contributed by atoms with Gasteiger partial charge in [0.15, 0.2) is 0 Å². The monoisotopic (exact) mass is 580 g/mol. The Bertz CT molecular complexity index is 2080. The second-order valence-corrected chi connectivity index (χ2v) is 14.3. The molecule has 0 heteroatoms. The number of fused-ring (bicyclic) bond motifs is 5. The van der Waals surface area contributed by atoms with Crippen LogP contribution in [0.15, 0.2) is 156 Å². The van der Waals surface area contributed by atoms with E-state index in [-0.39, 0.29) is 5.41 Å². The Morgan fingerprint density at radius 3 is 2.20 bits per heavy atom. The van der Waals surface area contributed by atoms with Gasteiger partial charge in [0.25, 0.3) is 0 Å². The van der Waals surface area contributed by atoms with Crippen molar-refractivity contribution in [3.8, 4) is 0 Å². The number of hydrogen-bond acceptors (Lipinski definition) is 0. The minimum Gasteiger partial charge on any atom is -0.0839 e. The molecule has 0 radical (unpaired) electrons. The molecule has 0 spiro atoms. The molecule has 0 nitrogen and oxygen atoms in total. The maximum Gasteiger partial charge on any atom is 0.0134 e. The van der Waals surface area contributed by atoms with Crippen molar-refractivity contribution in [2.45, 2.75) is 50.9 Å². The molecule has 4 unspecified atom stereocenters. The number of allylic oxidation sites excluding steroid dienone is 14. The van der Waals surface area contributed by atoms with E-state index in [4.69, 9.17) is 0 Å². The molecule has 3 aromatic carbocycles.